The molecule has 5 nitrogen and oxygen atoms in total. The number of benzene rings is 2. The number of amides is 2. The largest absolute Gasteiger partial charge is 0.467 e. The first-order valence-electron chi connectivity index (χ1n) is 9.60. The number of hydrogen-bond donors (Lipinski definition) is 1. The van der Waals surface area contributed by atoms with Crippen LogP contribution in [0.4, 0.5) is 5.69 Å². The van der Waals surface area contributed by atoms with Gasteiger partial charge in [0.05, 0.1) is 12.8 Å². The van der Waals surface area contributed by atoms with E-state index in [1.54, 1.807) is 18.4 Å². The maximum Gasteiger partial charge on any atom is 0.254 e. The molecule has 2 amide bonds. The first-order valence-corrected chi connectivity index (χ1v) is 9.60. The van der Waals surface area contributed by atoms with Gasteiger partial charge in [-0.25, -0.2) is 0 Å². The van der Waals surface area contributed by atoms with Crippen molar-refractivity contribution in [1.29, 1.82) is 0 Å². The molecule has 1 heterocycles. The summed E-state index contributed by atoms with van der Waals surface area (Å²) in [6.45, 7) is 6.52. The van der Waals surface area contributed by atoms with Crippen LogP contribution in [-0.2, 0) is 16.8 Å². The Morgan fingerprint density at radius 3 is 2.21 bits per heavy atom. The minimum atomic E-state index is -0.262. The van der Waals surface area contributed by atoms with Gasteiger partial charge in [0.25, 0.3) is 5.91 Å². The van der Waals surface area contributed by atoms with Crippen molar-refractivity contribution >= 4 is 17.5 Å². The van der Waals surface area contributed by atoms with E-state index in [1.165, 1.54) is 4.90 Å². The zero-order valence-corrected chi connectivity index (χ0v) is 17.0. The van der Waals surface area contributed by atoms with Crippen molar-refractivity contribution in [1.82, 2.24) is 4.90 Å². The molecule has 0 fully saturated rings. The summed E-state index contributed by atoms with van der Waals surface area (Å²) in [5.74, 6) is 0.143. The van der Waals surface area contributed by atoms with E-state index >= 15 is 0 Å². The third-order valence-electron chi connectivity index (χ3n) is 4.60. The van der Waals surface area contributed by atoms with Crippen molar-refractivity contribution in [3.05, 3.63) is 89.9 Å². The fourth-order valence-electron chi connectivity index (χ4n) is 2.98. The molecular weight excluding hydrogens is 364 g/mol. The van der Waals surface area contributed by atoms with Crippen molar-refractivity contribution in [3.63, 3.8) is 0 Å². The fraction of sp³-hybridized carbons (Fsp3) is 0.250. The molecule has 0 saturated heterocycles. The lowest BCUT2D eigenvalue weighted by Gasteiger charge is -2.23. The van der Waals surface area contributed by atoms with Gasteiger partial charge in [0.15, 0.2) is 0 Å². The van der Waals surface area contributed by atoms with E-state index in [2.05, 4.69) is 26.1 Å². The van der Waals surface area contributed by atoms with E-state index in [9.17, 15) is 9.59 Å². The predicted molar refractivity (Wildman–Crippen MR) is 114 cm³/mol. The lowest BCUT2D eigenvalue weighted by Crippen LogP contribution is -2.37. The van der Waals surface area contributed by atoms with Gasteiger partial charge in [-0.15, -0.1) is 0 Å². The number of hydrogen-bond acceptors (Lipinski definition) is 3. The Morgan fingerprint density at radius 1 is 0.931 bits per heavy atom. The summed E-state index contributed by atoms with van der Waals surface area (Å²) in [5, 5.41) is 2.82. The van der Waals surface area contributed by atoms with Crippen LogP contribution in [-0.4, -0.2) is 23.3 Å². The van der Waals surface area contributed by atoms with Gasteiger partial charge in [-0.05, 0) is 47.4 Å². The Balaban J connectivity index is 1.77. The molecule has 0 unspecified atom stereocenters. The Bertz CT molecular complexity index is 940. The van der Waals surface area contributed by atoms with Crippen LogP contribution in [0.3, 0.4) is 0 Å². The number of nitrogens with one attached hydrogen (secondary N) is 1. The zero-order chi connectivity index (χ0) is 20.9. The van der Waals surface area contributed by atoms with Gasteiger partial charge in [0.2, 0.25) is 5.91 Å². The van der Waals surface area contributed by atoms with Crippen LogP contribution in [0.5, 0.6) is 0 Å². The topological polar surface area (TPSA) is 62.6 Å². The number of para-hydroxylation sites is 1. The number of rotatable bonds is 6. The van der Waals surface area contributed by atoms with Crippen LogP contribution in [0, 0.1) is 0 Å². The van der Waals surface area contributed by atoms with Gasteiger partial charge < -0.3 is 14.6 Å². The highest BCUT2D eigenvalue weighted by Gasteiger charge is 2.21. The van der Waals surface area contributed by atoms with Crippen LogP contribution < -0.4 is 5.32 Å². The molecule has 0 radical (unpaired) electrons. The molecule has 0 aliphatic heterocycles. The fourth-order valence-corrected chi connectivity index (χ4v) is 2.98. The Kier molecular flexibility index (Phi) is 6.17. The smallest absolute Gasteiger partial charge is 0.254 e. The van der Waals surface area contributed by atoms with Crippen molar-refractivity contribution < 1.29 is 14.0 Å². The molecule has 3 aromatic rings. The van der Waals surface area contributed by atoms with Crippen LogP contribution in [0.1, 0.15) is 42.5 Å². The SMILES string of the molecule is CC(C)(C)c1ccc(C(=O)N(CC(=O)Nc2ccccc2)Cc2ccco2)cc1. The number of nitrogens with zero attached hydrogens (tertiary/aromatic N) is 1. The number of carbonyl (C=O) groups excluding carboxylic acids is 2. The minimum absolute atomic E-state index is 0.00496. The first kappa shape index (κ1) is 20.4. The summed E-state index contributed by atoms with van der Waals surface area (Å²) in [6.07, 6.45) is 1.56. The van der Waals surface area contributed by atoms with Gasteiger partial charge >= 0.3 is 0 Å². The highest BCUT2D eigenvalue weighted by Crippen LogP contribution is 2.23. The van der Waals surface area contributed by atoms with Crippen molar-refractivity contribution in [2.45, 2.75) is 32.7 Å². The molecule has 1 aromatic heterocycles. The van der Waals surface area contributed by atoms with Gasteiger partial charge in [0.1, 0.15) is 12.3 Å². The second-order valence-electron chi connectivity index (χ2n) is 7.98. The highest BCUT2D eigenvalue weighted by molar-refractivity contribution is 5.99. The van der Waals surface area contributed by atoms with Crippen molar-refractivity contribution in [2.75, 3.05) is 11.9 Å². The van der Waals surface area contributed by atoms with Crippen molar-refractivity contribution in [3.8, 4) is 0 Å². The van der Waals surface area contributed by atoms with E-state index in [0.29, 0.717) is 17.0 Å². The Hall–Kier alpha value is -3.34. The molecule has 0 spiro atoms. The van der Waals surface area contributed by atoms with Gasteiger partial charge in [0, 0.05) is 11.3 Å². The third-order valence-corrected chi connectivity index (χ3v) is 4.60. The summed E-state index contributed by atoms with van der Waals surface area (Å²) in [6, 6.07) is 20.3. The Morgan fingerprint density at radius 2 is 1.62 bits per heavy atom. The monoisotopic (exact) mass is 390 g/mol. The second kappa shape index (κ2) is 8.78. The normalized spacial score (nSPS) is 11.1. The summed E-state index contributed by atoms with van der Waals surface area (Å²) < 4.78 is 5.39. The molecule has 0 saturated carbocycles. The van der Waals surface area contributed by atoms with Crippen LogP contribution >= 0.6 is 0 Å². The lowest BCUT2D eigenvalue weighted by atomic mass is 9.86. The minimum Gasteiger partial charge on any atom is -0.467 e. The van der Waals surface area contributed by atoms with Crippen LogP contribution in [0.2, 0.25) is 0 Å². The van der Waals surface area contributed by atoms with E-state index in [4.69, 9.17) is 4.42 Å². The van der Waals surface area contributed by atoms with Crippen molar-refractivity contribution in [2.24, 2.45) is 0 Å². The summed E-state index contributed by atoms with van der Waals surface area (Å²) in [5.41, 5.74) is 2.38. The summed E-state index contributed by atoms with van der Waals surface area (Å²) >= 11 is 0. The van der Waals surface area contributed by atoms with E-state index in [-0.39, 0.29) is 30.3 Å². The maximum atomic E-state index is 13.1. The van der Waals surface area contributed by atoms with Crippen LogP contribution in [0.25, 0.3) is 0 Å². The zero-order valence-electron chi connectivity index (χ0n) is 17.0. The number of anilines is 1. The first-order chi connectivity index (χ1) is 13.8. The maximum absolute atomic E-state index is 13.1. The number of furan rings is 1. The Labute approximate surface area is 171 Å². The predicted octanol–water partition coefficient (Wildman–Crippen LogP) is 4.86. The molecule has 1 N–H and O–H groups in total. The molecule has 0 aliphatic rings. The molecule has 2 aromatic carbocycles. The molecule has 3 rings (SSSR count). The highest BCUT2D eigenvalue weighted by atomic mass is 16.3. The summed E-state index contributed by atoms with van der Waals surface area (Å²) in [4.78, 5) is 27.2. The quantitative estimate of drug-likeness (QED) is 0.654. The molecule has 5 heteroatoms. The van der Waals surface area contributed by atoms with Gasteiger partial charge in [-0.1, -0.05) is 51.1 Å². The molecule has 0 aliphatic carbocycles. The standard InChI is InChI=1S/C24H26N2O3/c1-24(2,3)19-13-11-18(12-14-19)23(28)26(16-21-10-7-15-29-21)17-22(27)25-20-8-5-4-6-9-20/h4-15H,16-17H2,1-3H3,(H,25,27). The average molecular weight is 390 g/mol. The molecule has 0 atom stereocenters. The van der Waals surface area contributed by atoms with E-state index in [0.717, 1.165) is 5.56 Å². The van der Waals surface area contributed by atoms with Gasteiger partial charge in [-0.3, -0.25) is 9.59 Å². The third kappa shape index (κ3) is 5.57. The summed E-state index contributed by atoms with van der Waals surface area (Å²) in [7, 11) is 0. The van der Waals surface area contributed by atoms with Gasteiger partial charge in [-0.2, -0.15) is 0 Å². The average Bonchev–Trinajstić information content (AvgIpc) is 3.20. The molecule has 150 valence electrons. The van der Waals surface area contributed by atoms with E-state index in [1.807, 2.05) is 54.6 Å². The molecule has 0 bridgehead atoms. The number of carbonyl (C=O) groups is 2. The molecular formula is C24H26N2O3. The molecule has 29 heavy (non-hydrogen) atoms. The van der Waals surface area contributed by atoms with Crippen LogP contribution in [0.15, 0.2) is 77.4 Å². The second-order valence-corrected chi connectivity index (χ2v) is 7.98. The lowest BCUT2D eigenvalue weighted by molar-refractivity contribution is -0.117. The van der Waals surface area contributed by atoms with E-state index < -0.39 is 0 Å².